The van der Waals surface area contributed by atoms with Crippen LogP contribution in [0.5, 0.6) is 0 Å². The molecule has 0 radical (unpaired) electrons. The molecule has 7 heteroatoms. The summed E-state index contributed by atoms with van der Waals surface area (Å²) in [6.45, 7) is 0. The Morgan fingerprint density at radius 1 is 1.32 bits per heavy atom. The second-order valence-corrected chi connectivity index (χ2v) is 4.29. The largest absolute Gasteiger partial charge is 0.360 e. The molecule has 0 saturated carbocycles. The average Bonchev–Trinajstić information content (AvgIpc) is 2.39. The zero-order valence-corrected chi connectivity index (χ0v) is 11.2. The number of carbonyl (C=O) groups is 1. The minimum absolute atomic E-state index is 0.140. The van der Waals surface area contributed by atoms with E-state index in [1.54, 1.807) is 43.4 Å². The van der Waals surface area contributed by atoms with Gasteiger partial charge in [-0.25, -0.2) is 15.0 Å². The number of rotatable bonds is 3. The first-order valence-corrected chi connectivity index (χ1v) is 5.88. The van der Waals surface area contributed by atoms with Gasteiger partial charge in [0.25, 0.3) is 5.91 Å². The summed E-state index contributed by atoms with van der Waals surface area (Å²) in [5.41, 5.74) is 0.140. The van der Waals surface area contributed by atoms with Crippen LogP contribution in [-0.2, 0) is 0 Å². The highest BCUT2D eigenvalue weighted by molar-refractivity contribution is 6.31. The van der Waals surface area contributed by atoms with Crippen LogP contribution >= 0.6 is 11.6 Å². The van der Waals surface area contributed by atoms with Gasteiger partial charge in [-0.1, -0.05) is 17.7 Å². The summed E-state index contributed by atoms with van der Waals surface area (Å²) in [6.07, 6.45) is 2.96. The van der Waals surface area contributed by atoms with Crippen molar-refractivity contribution in [3.63, 3.8) is 0 Å². The average molecular weight is 278 g/mol. The number of pyridine rings is 1. The molecule has 0 saturated heterocycles. The third-order valence-electron chi connectivity index (χ3n) is 2.27. The summed E-state index contributed by atoms with van der Waals surface area (Å²) in [6, 6.07) is 5.22. The summed E-state index contributed by atoms with van der Waals surface area (Å²) < 4.78 is 0. The SMILES string of the molecule is CN(C)c1ncc(C(=O)Nc2ccccn2)nc1Cl. The zero-order chi connectivity index (χ0) is 13.8. The van der Waals surface area contributed by atoms with E-state index in [9.17, 15) is 4.79 Å². The standard InChI is InChI=1S/C12H12ClN5O/c1-18(2)11-10(13)16-8(7-15-11)12(19)17-9-5-3-4-6-14-9/h3-7H,1-2H3,(H,14,17,19). The van der Waals surface area contributed by atoms with Crippen LogP contribution in [0.3, 0.4) is 0 Å². The molecule has 1 amide bonds. The van der Waals surface area contributed by atoms with Crippen LogP contribution < -0.4 is 10.2 Å². The number of halogens is 1. The van der Waals surface area contributed by atoms with Gasteiger partial charge in [-0.05, 0) is 12.1 Å². The van der Waals surface area contributed by atoms with Gasteiger partial charge in [-0.15, -0.1) is 0 Å². The maximum absolute atomic E-state index is 11.9. The molecule has 2 aromatic heterocycles. The van der Waals surface area contributed by atoms with E-state index >= 15 is 0 Å². The van der Waals surface area contributed by atoms with E-state index in [1.807, 2.05) is 0 Å². The smallest absolute Gasteiger partial charge is 0.277 e. The van der Waals surface area contributed by atoms with Gasteiger partial charge in [0.15, 0.2) is 11.0 Å². The Balaban J connectivity index is 2.18. The predicted octanol–water partition coefficient (Wildman–Crippen LogP) is 1.84. The number of amides is 1. The summed E-state index contributed by atoms with van der Waals surface area (Å²) in [7, 11) is 3.59. The van der Waals surface area contributed by atoms with Crippen LogP contribution in [0.1, 0.15) is 10.5 Å². The molecule has 0 bridgehead atoms. The summed E-state index contributed by atoms with van der Waals surface area (Å²) >= 11 is 5.96. The Morgan fingerprint density at radius 2 is 2.11 bits per heavy atom. The molecule has 19 heavy (non-hydrogen) atoms. The molecule has 0 aromatic carbocycles. The molecule has 98 valence electrons. The number of carbonyl (C=O) groups excluding carboxylic acids is 1. The molecule has 0 fully saturated rings. The number of aromatic nitrogens is 3. The number of nitrogens with zero attached hydrogens (tertiary/aromatic N) is 4. The Bertz CT molecular complexity index is 588. The molecule has 2 heterocycles. The van der Waals surface area contributed by atoms with E-state index in [2.05, 4.69) is 20.3 Å². The highest BCUT2D eigenvalue weighted by atomic mass is 35.5. The topological polar surface area (TPSA) is 71.0 Å². The molecule has 0 aliphatic carbocycles. The maximum atomic E-state index is 11.9. The molecule has 0 unspecified atom stereocenters. The van der Waals surface area contributed by atoms with Crippen LogP contribution in [0.2, 0.25) is 5.15 Å². The van der Waals surface area contributed by atoms with Gasteiger partial charge in [0.1, 0.15) is 11.5 Å². The van der Waals surface area contributed by atoms with Gasteiger partial charge in [0, 0.05) is 20.3 Å². The first-order chi connectivity index (χ1) is 9.08. The van der Waals surface area contributed by atoms with Crippen molar-refractivity contribution in [2.75, 3.05) is 24.3 Å². The third kappa shape index (κ3) is 3.17. The van der Waals surface area contributed by atoms with E-state index in [1.165, 1.54) is 6.20 Å². The monoisotopic (exact) mass is 277 g/mol. The summed E-state index contributed by atoms with van der Waals surface area (Å²) in [4.78, 5) is 25.7. The van der Waals surface area contributed by atoms with Crippen molar-refractivity contribution in [3.05, 3.63) is 41.4 Å². The van der Waals surface area contributed by atoms with Crippen LogP contribution in [0, 0.1) is 0 Å². The number of anilines is 2. The van der Waals surface area contributed by atoms with Gasteiger partial charge in [0.05, 0.1) is 6.20 Å². The minimum Gasteiger partial charge on any atom is -0.360 e. The molecule has 6 nitrogen and oxygen atoms in total. The van der Waals surface area contributed by atoms with Crippen LogP contribution in [0.15, 0.2) is 30.6 Å². The fraction of sp³-hybridized carbons (Fsp3) is 0.167. The van der Waals surface area contributed by atoms with E-state index < -0.39 is 5.91 Å². The number of hydrogen-bond acceptors (Lipinski definition) is 5. The molecule has 0 aliphatic heterocycles. The van der Waals surface area contributed by atoms with Crippen molar-refractivity contribution in [2.45, 2.75) is 0 Å². The van der Waals surface area contributed by atoms with Gasteiger partial charge in [-0.2, -0.15) is 0 Å². The van der Waals surface area contributed by atoms with Crippen LogP contribution in [0.25, 0.3) is 0 Å². The molecule has 0 aliphatic rings. The lowest BCUT2D eigenvalue weighted by Crippen LogP contribution is -2.17. The van der Waals surface area contributed by atoms with E-state index in [4.69, 9.17) is 11.6 Å². The fourth-order valence-corrected chi connectivity index (χ4v) is 1.70. The highest BCUT2D eigenvalue weighted by Gasteiger charge is 2.13. The third-order valence-corrected chi connectivity index (χ3v) is 2.53. The molecule has 0 atom stereocenters. The lowest BCUT2D eigenvalue weighted by atomic mass is 10.4. The molecule has 2 aromatic rings. The van der Waals surface area contributed by atoms with Crippen molar-refractivity contribution in [1.82, 2.24) is 15.0 Å². The van der Waals surface area contributed by atoms with E-state index in [0.717, 1.165) is 0 Å². The van der Waals surface area contributed by atoms with Gasteiger partial charge < -0.3 is 10.2 Å². The maximum Gasteiger partial charge on any atom is 0.277 e. The normalized spacial score (nSPS) is 10.1. The van der Waals surface area contributed by atoms with Gasteiger partial charge in [-0.3, -0.25) is 4.79 Å². The Hall–Kier alpha value is -2.21. The van der Waals surface area contributed by atoms with E-state index in [-0.39, 0.29) is 10.8 Å². The second-order valence-electron chi connectivity index (χ2n) is 3.93. The molecule has 0 spiro atoms. The Labute approximate surface area is 115 Å². The van der Waals surface area contributed by atoms with Crippen molar-refractivity contribution in [2.24, 2.45) is 0 Å². The van der Waals surface area contributed by atoms with Crippen molar-refractivity contribution in [1.29, 1.82) is 0 Å². The first-order valence-electron chi connectivity index (χ1n) is 5.50. The fourth-order valence-electron chi connectivity index (χ4n) is 1.39. The molecular weight excluding hydrogens is 266 g/mol. The first kappa shape index (κ1) is 13.2. The van der Waals surface area contributed by atoms with Crippen molar-refractivity contribution >= 4 is 29.1 Å². The minimum atomic E-state index is -0.404. The van der Waals surface area contributed by atoms with E-state index in [0.29, 0.717) is 11.6 Å². The highest BCUT2D eigenvalue weighted by Crippen LogP contribution is 2.18. The summed E-state index contributed by atoms with van der Waals surface area (Å²) in [5.74, 6) is 0.552. The van der Waals surface area contributed by atoms with Gasteiger partial charge >= 0.3 is 0 Å². The lowest BCUT2D eigenvalue weighted by molar-refractivity contribution is 0.102. The number of nitrogens with one attached hydrogen (secondary N) is 1. The van der Waals surface area contributed by atoms with Crippen molar-refractivity contribution < 1.29 is 4.79 Å². The lowest BCUT2D eigenvalue weighted by Gasteiger charge is -2.12. The molecule has 1 N–H and O–H groups in total. The Kier molecular flexibility index (Phi) is 3.91. The van der Waals surface area contributed by atoms with Crippen LogP contribution in [-0.4, -0.2) is 35.0 Å². The predicted molar refractivity (Wildman–Crippen MR) is 73.6 cm³/mol. The quantitative estimate of drug-likeness (QED) is 0.927. The molecular formula is C12H12ClN5O. The summed E-state index contributed by atoms with van der Waals surface area (Å²) in [5, 5.41) is 2.79. The second kappa shape index (κ2) is 5.62. The zero-order valence-electron chi connectivity index (χ0n) is 10.5. The van der Waals surface area contributed by atoms with Crippen molar-refractivity contribution in [3.8, 4) is 0 Å². The van der Waals surface area contributed by atoms with Crippen LogP contribution in [0.4, 0.5) is 11.6 Å². The Morgan fingerprint density at radius 3 is 2.68 bits per heavy atom. The number of hydrogen-bond donors (Lipinski definition) is 1. The molecule has 2 rings (SSSR count). The van der Waals surface area contributed by atoms with Gasteiger partial charge in [0.2, 0.25) is 0 Å².